The molecule has 0 aliphatic rings. The van der Waals surface area contributed by atoms with Crippen LogP contribution < -0.4 is 21.7 Å². The molecule has 0 saturated heterocycles. The summed E-state index contributed by atoms with van der Waals surface area (Å²) in [5.74, 6) is -5.95. The van der Waals surface area contributed by atoms with Crippen LogP contribution in [0, 0.1) is 0 Å². The highest BCUT2D eigenvalue weighted by Crippen LogP contribution is 2.11. The van der Waals surface area contributed by atoms with Gasteiger partial charge >= 0.3 is 17.9 Å². The van der Waals surface area contributed by atoms with Gasteiger partial charge in [-0.1, -0.05) is 58.3 Å². The van der Waals surface area contributed by atoms with Gasteiger partial charge in [-0.3, -0.25) is 24.0 Å². The number of carboxylic acid groups (broad SMARTS) is 3. The Morgan fingerprint density at radius 3 is 1.82 bits per heavy atom. The van der Waals surface area contributed by atoms with E-state index in [1.54, 1.807) is 0 Å². The summed E-state index contributed by atoms with van der Waals surface area (Å²) < 4.78 is 7.12. The van der Waals surface area contributed by atoms with E-state index in [4.69, 9.17) is 17.3 Å². The van der Waals surface area contributed by atoms with Gasteiger partial charge in [-0.25, -0.2) is 4.79 Å². The summed E-state index contributed by atoms with van der Waals surface area (Å²) in [6.07, 6.45) is 8.51. The van der Waals surface area contributed by atoms with E-state index < -0.39 is 59.8 Å². The highest BCUT2D eigenvalue weighted by molar-refractivity contribution is 7.99. The Morgan fingerprint density at radius 2 is 1.27 bits per heavy atom. The number of carboxylic acids is 3. The Labute approximate surface area is 241 Å². The number of carbonyl (C=O) groups excluding carboxylic acids is 3. The van der Waals surface area contributed by atoms with E-state index in [2.05, 4.69) is 16.0 Å². The second-order valence-corrected chi connectivity index (χ2v) is 10.7. The molecule has 40 heavy (non-hydrogen) atoms. The SMILES string of the molecule is [2H]CCCCCCCCCCCC(=O)N[C@@H](CCC(=O)N[C@H](CSC[C@H](N)C(=O)O)C(=O)N[C@H](C)C(=O)O)C(=O)O. The van der Waals surface area contributed by atoms with Crippen molar-refractivity contribution in [2.75, 3.05) is 11.5 Å². The van der Waals surface area contributed by atoms with Crippen molar-refractivity contribution in [1.82, 2.24) is 16.0 Å². The molecule has 0 aliphatic heterocycles. The lowest BCUT2D eigenvalue weighted by atomic mass is 10.1. The van der Waals surface area contributed by atoms with Crippen molar-refractivity contribution >= 4 is 47.4 Å². The van der Waals surface area contributed by atoms with Crippen molar-refractivity contribution < 1.29 is 45.5 Å². The van der Waals surface area contributed by atoms with Crippen LogP contribution in [-0.2, 0) is 28.8 Å². The number of hydrogen-bond donors (Lipinski definition) is 7. The largest absolute Gasteiger partial charge is 0.480 e. The van der Waals surface area contributed by atoms with Crippen molar-refractivity contribution in [1.29, 1.82) is 0 Å². The van der Waals surface area contributed by atoms with Crippen LogP contribution in [0.4, 0.5) is 0 Å². The fourth-order valence-corrected chi connectivity index (χ4v) is 4.53. The minimum Gasteiger partial charge on any atom is -0.480 e. The molecule has 0 unspecified atom stereocenters. The van der Waals surface area contributed by atoms with Crippen LogP contribution in [0.2, 0.25) is 0 Å². The van der Waals surface area contributed by atoms with Crippen molar-refractivity contribution in [2.24, 2.45) is 5.73 Å². The van der Waals surface area contributed by atoms with Crippen LogP contribution >= 0.6 is 11.8 Å². The lowest BCUT2D eigenvalue weighted by molar-refractivity contribution is -0.142. The summed E-state index contributed by atoms with van der Waals surface area (Å²) in [6, 6.07) is -4.98. The molecular formula is C26H46N4O9S. The molecule has 4 atom stereocenters. The third-order valence-electron chi connectivity index (χ3n) is 5.98. The molecule has 0 aromatic heterocycles. The van der Waals surface area contributed by atoms with Gasteiger partial charge in [0, 0.05) is 25.7 Å². The predicted octanol–water partition coefficient (Wildman–Crippen LogP) is 1.48. The first-order valence-electron chi connectivity index (χ1n) is 14.3. The molecule has 0 radical (unpaired) electrons. The van der Waals surface area contributed by atoms with E-state index in [0.717, 1.165) is 63.1 Å². The monoisotopic (exact) mass is 591 g/mol. The minimum atomic E-state index is -1.31. The van der Waals surface area contributed by atoms with E-state index in [1.807, 2.05) is 0 Å². The molecule has 14 heteroatoms. The zero-order chi connectivity index (χ0) is 31.2. The summed E-state index contributed by atoms with van der Waals surface area (Å²) in [5, 5.41) is 34.5. The van der Waals surface area contributed by atoms with Gasteiger partial charge in [-0.2, -0.15) is 11.8 Å². The number of nitrogens with two attached hydrogens (primary N) is 1. The summed E-state index contributed by atoms with van der Waals surface area (Å²) in [4.78, 5) is 70.9. The average molecular weight is 592 g/mol. The Kier molecular flexibility index (Phi) is 19.2. The molecule has 0 fully saturated rings. The molecule has 0 saturated carbocycles. The predicted molar refractivity (Wildman–Crippen MR) is 151 cm³/mol. The van der Waals surface area contributed by atoms with Gasteiger partial charge in [0.1, 0.15) is 24.2 Å². The molecule has 0 aliphatic carbocycles. The number of thioether (sulfide) groups is 1. The van der Waals surface area contributed by atoms with E-state index in [9.17, 15) is 33.9 Å². The number of hydrogen-bond acceptors (Lipinski definition) is 8. The number of unbranched alkanes of at least 4 members (excludes halogenated alkanes) is 8. The topological polar surface area (TPSA) is 225 Å². The Hall–Kier alpha value is -2.87. The molecule has 0 heterocycles. The van der Waals surface area contributed by atoms with Crippen LogP contribution in [0.25, 0.3) is 0 Å². The fraction of sp³-hybridized carbons (Fsp3) is 0.769. The van der Waals surface area contributed by atoms with Gasteiger partial charge in [0.05, 0.1) is 0 Å². The highest BCUT2D eigenvalue weighted by Gasteiger charge is 2.26. The Morgan fingerprint density at radius 1 is 0.725 bits per heavy atom. The third kappa shape index (κ3) is 18.4. The standard InChI is InChI=1S/C26H46N4O9S/c1-3-4-5-6-7-8-9-10-11-12-21(31)29-19(26(38)39)13-14-22(32)30-20(16-40-15-18(27)25(36)37)23(33)28-17(2)24(34)35/h17-20H,3-16,27H2,1-2H3,(H,28,33)(H,29,31)(H,30,32)(H,34,35)(H,36,37)(H,38,39)/t17-,18+,19+,20-/m1/s1/i1D. The Bertz CT molecular complexity index is 850. The molecule has 0 rings (SSSR count). The summed E-state index contributed by atoms with van der Waals surface area (Å²) >= 11 is 0.972. The number of carbonyl (C=O) groups is 6. The van der Waals surface area contributed by atoms with Crippen molar-refractivity contribution in [3.05, 3.63) is 0 Å². The van der Waals surface area contributed by atoms with Crippen molar-refractivity contribution in [2.45, 2.75) is 115 Å². The molecule has 8 N–H and O–H groups in total. The molecule has 0 aromatic rings. The highest BCUT2D eigenvalue weighted by atomic mass is 32.2. The first-order valence-corrected chi connectivity index (χ1v) is 14.7. The van der Waals surface area contributed by atoms with Crippen LogP contribution in [0.15, 0.2) is 0 Å². The summed E-state index contributed by atoms with van der Waals surface area (Å²) in [5.41, 5.74) is 5.44. The normalized spacial score (nSPS) is 14.2. The molecule has 230 valence electrons. The first-order chi connectivity index (χ1) is 19.4. The van der Waals surface area contributed by atoms with Crippen LogP contribution in [0.1, 0.15) is 92.2 Å². The van der Waals surface area contributed by atoms with E-state index >= 15 is 0 Å². The molecule has 0 aromatic carbocycles. The quantitative estimate of drug-likeness (QED) is 0.0795. The maximum absolute atomic E-state index is 12.5. The average Bonchev–Trinajstić information content (AvgIpc) is 2.90. The van der Waals surface area contributed by atoms with Crippen molar-refractivity contribution in [3.63, 3.8) is 0 Å². The van der Waals surface area contributed by atoms with Gasteiger partial charge < -0.3 is 37.0 Å². The minimum absolute atomic E-state index is 0.0656. The second kappa shape index (κ2) is 21.9. The second-order valence-electron chi connectivity index (χ2n) is 9.60. The molecule has 0 spiro atoms. The molecular weight excluding hydrogens is 544 g/mol. The number of nitrogens with one attached hydrogen (secondary N) is 3. The van der Waals surface area contributed by atoms with Gasteiger partial charge in [0.25, 0.3) is 0 Å². The maximum Gasteiger partial charge on any atom is 0.326 e. The van der Waals surface area contributed by atoms with Crippen molar-refractivity contribution in [3.8, 4) is 0 Å². The van der Waals surface area contributed by atoms with Gasteiger partial charge in [-0.05, 0) is 19.8 Å². The fourth-order valence-electron chi connectivity index (χ4n) is 3.53. The number of aliphatic carboxylic acids is 3. The first kappa shape index (κ1) is 35.2. The van der Waals surface area contributed by atoms with Crippen LogP contribution in [0.5, 0.6) is 0 Å². The lowest BCUT2D eigenvalue weighted by Crippen LogP contribution is -2.52. The van der Waals surface area contributed by atoms with Gasteiger partial charge in [0.15, 0.2) is 0 Å². The smallest absolute Gasteiger partial charge is 0.326 e. The summed E-state index contributed by atoms with van der Waals surface area (Å²) in [6.45, 7) is 1.70. The maximum atomic E-state index is 12.5. The van der Waals surface area contributed by atoms with E-state index in [1.165, 1.54) is 6.92 Å². The lowest BCUT2D eigenvalue weighted by Gasteiger charge is -2.21. The van der Waals surface area contributed by atoms with E-state index in [0.29, 0.717) is 13.3 Å². The van der Waals surface area contributed by atoms with E-state index in [-0.39, 0.29) is 30.8 Å². The third-order valence-corrected chi connectivity index (χ3v) is 7.14. The Balaban J connectivity index is 4.66. The van der Waals surface area contributed by atoms with Gasteiger partial charge in [0.2, 0.25) is 17.7 Å². The zero-order valence-corrected chi connectivity index (χ0v) is 24.0. The van der Waals surface area contributed by atoms with Gasteiger partial charge in [-0.15, -0.1) is 0 Å². The number of amides is 3. The molecule has 0 bridgehead atoms. The van der Waals surface area contributed by atoms with Crippen LogP contribution in [0.3, 0.4) is 0 Å². The van der Waals surface area contributed by atoms with Crippen LogP contribution in [-0.4, -0.2) is 86.6 Å². The molecule has 3 amide bonds. The molecule has 13 nitrogen and oxygen atoms in total. The number of rotatable bonds is 24. The summed E-state index contributed by atoms with van der Waals surface area (Å²) in [7, 11) is 0. The zero-order valence-electron chi connectivity index (χ0n) is 24.2.